The van der Waals surface area contributed by atoms with E-state index in [0.717, 1.165) is 17.8 Å². The molecule has 2 rings (SSSR count). The summed E-state index contributed by atoms with van der Waals surface area (Å²) >= 11 is 3.15. The lowest BCUT2D eigenvalue weighted by Gasteiger charge is -2.17. The first-order valence-corrected chi connectivity index (χ1v) is 6.46. The Balaban J connectivity index is 2.38. The molecule has 1 atom stereocenters. The zero-order valence-corrected chi connectivity index (χ0v) is 11.5. The van der Waals surface area contributed by atoms with Crippen molar-refractivity contribution in [1.82, 2.24) is 15.3 Å². The molecule has 18 heavy (non-hydrogen) atoms. The van der Waals surface area contributed by atoms with Gasteiger partial charge in [0.15, 0.2) is 0 Å². The third-order valence-corrected chi connectivity index (χ3v) is 3.21. The maximum Gasteiger partial charge on any atom is 0.137 e. The maximum atomic E-state index is 13.6. The molecule has 1 aromatic carbocycles. The second-order valence-electron chi connectivity index (χ2n) is 3.79. The van der Waals surface area contributed by atoms with E-state index in [1.165, 1.54) is 6.07 Å². The molecule has 0 amide bonds. The van der Waals surface area contributed by atoms with E-state index in [0.29, 0.717) is 4.47 Å². The van der Waals surface area contributed by atoms with Gasteiger partial charge in [0.1, 0.15) is 5.82 Å². The Labute approximate surface area is 114 Å². The lowest BCUT2D eigenvalue weighted by Crippen LogP contribution is -2.23. The molecule has 0 fully saturated rings. The van der Waals surface area contributed by atoms with Gasteiger partial charge in [-0.05, 0) is 40.2 Å². The van der Waals surface area contributed by atoms with Gasteiger partial charge in [-0.25, -0.2) is 4.39 Å². The van der Waals surface area contributed by atoms with E-state index in [1.807, 2.05) is 13.0 Å². The van der Waals surface area contributed by atoms with Crippen LogP contribution in [0.15, 0.2) is 41.3 Å². The van der Waals surface area contributed by atoms with Crippen LogP contribution in [0.4, 0.5) is 4.39 Å². The van der Waals surface area contributed by atoms with E-state index >= 15 is 0 Å². The van der Waals surface area contributed by atoms with Crippen molar-refractivity contribution in [3.8, 4) is 0 Å². The summed E-state index contributed by atoms with van der Waals surface area (Å²) < 4.78 is 14.0. The van der Waals surface area contributed by atoms with Crippen LogP contribution in [-0.2, 0) is 0 Å². The largest absolute Gasteiger partial charge is 0.305 e. The summed E-state index contributed by atoms with van der Waals surface area (Å²) in [7, 11) is 0. The molecule has 0 bridgehead atoms. The zero-order valence-electron chi connectivity index (χ0n) is 9.90. The number of nitrogens with one attached hydrogen (secondary N) is 1. The van der Waals surface area contributed by atoms with Gasteiger partial charge in [-0.1, -0.05) is 13.0 Å². The summed E-state index contributed by atoms with van der Waals surface area (Å²) in [6, 6.07) is 4.93. The second-order valence-corrected chi connectivity index (χ2v) is 4.65. The highest BCUT2D eigenvalue weighted by molar-refractivity contribution is 9.10. The molecule has 0 spiro atoms. The van der Waals surface area contributed by atoms with Crippen molar-refractivity contribution in [3.63, 3.8) is 0 Å². The van der Waals surface area contributed by atoms with Gasteiger partial charge in [0.25, 0.3) is 0 Å². The van der Waals surface area contributed by atoms with Gasteiger partial charge in [0.2, 0.25) is 0 Å². The maximum absolute atomic E-state index is 13.6. The lowest BCUT2D eigenvalue weighted by atomic mass is 10.0. The van der Waals surface area contributed by atoms with Crippen LogP contribution < -0.4 is 5.32 Å². The Morgan fingerprint density at radius 1 is 1.39 bits per heavy atom. The average molecular weight is 310 g/mol. The van der Waals surface area contributed by atoms with Gasteiger partial charge in [-0.15, -0.1) is 0 Å². The number of benzene rings is 1. The van der Waals surface area contributed by atoms with E-state index in [2.05, 4.69) is 31.2 Å². The van der Waals surface area contributed by atoms with Crippen molar-refractivity contribution in [1.29, 1.82) is 0 Å². The van der Waals surface area contributed by atoms with E-state index in [9.17, 15) is 4.39 Å². The second kappa shape index (κ2) is 6.02. The Morgan fingerprint density at radius 2 is 2.22 bits per heavy atom. The quantitative estimate of drug-likeness (QED) is 0.943. The summed E-state index contributed by atoms with van der Waals surface area (Å²) in [5.74, 6) is -0.278. The summed E-state index contributed by atoms with van der Waals surface area (Å²) in [5, 5.41) is 3.28. The van der Waals surface area contributed by atoms with Crippen LogP contribution in [0.1, 0.15) is 24.2 Å². The molecule has 2 aromatic rings. The molecule has 5 heteroatoms. The molecule has 0 saturated carbocycles. The number of aromatic nitrogens is 2. The van der Waals surface area contributed by atoms with E-state index in [1.54, 1.807) is 24.7 Å². The highest BCUT2D eigenvalue weighted by Gasteiger charge is 2.15. The minimum Gasteiger partial charge on any atom is -0.305 e. The Morgan fingerprint density at radius 3 is 2.83 bits per heavy atom. The van der Waals surface area contributed by atoms with Crippen molar-refractivity contribution >= 4 is 15.9 Å². The number of hydrogen-bond donors (Lipinski definition) is 1. The fourth-order valence-corrected chi connectivity index (χ4v) is 2.00. The monoisotopic (exact) mass is 309 g/mol. The average Bonchev–Trinajstić information content (AvgIpc) is 2.40. The normalized spacial score (nSPS) is 12.4. The first kappa shape index (κ1) is 13.1. The van der Waals surface area contributed by atoms with Crippen LogP contribution in [0.2, 0.25) is 0 Å². The predicted molar refractivity (Wildman–Crippen MR) is 71.7 cm³/mol. The highest BCUT2D eigenvalue weighted by Crippen LogP contribution is 2.24. The molecule has 0 aliphatic rings. The van der Waals surface area contributed by atoms with Crippen LogP contribution in [0.25, 0.3) is 0 Å². The topological polar surface area (TPSA) is 37.8 Å². The van der Waals surface area contributed by atoms with E-state index < -0.39 is 0 Å². The molecule has 1 N–H and O–H groups in total. The molecular weight excluding hydrogens is 297 g/mol. The van der Waals surface area contributed by atoms with E-state index in [4.69, 9.17) is 0 Å². The van der Waals surface area contributed by atoms with Crippen molar-refractivity contribution in [2.75, 3.05) is 6.54 Å². The Kier molecular flexibility index (Phi) is 4.38. The van der Waals surface area contributed by atoms with Crippen molar-refractivity contribution < 1.29 is 4.39 Å². The van der Waals surface area contributed by atoms with Crippen LogP contribution in [0, 0.1) is 5.82 Å². The standard InChI is InChI=1S/C13H13BrFN3/c1-2-17-13(12-8-16-5-6-18-12)9-3-4-10(14)11(15)7-9/h3-8,13,17H,2H2,1H3. The summed E-state index contributed by atoms with van der Waals surface area (Å²) in [5.41, 5.74) is 1.61. The van der Waals surface area contributed by atoms with E-state index in [-0.39, 0.29) is 11.9 Å². The first-order valence-electron chi connectivity index (χ1n) is 5.66. The zero-order chi connectivity index (χ0) is 13.0. The van der Waals surface area contributed by atoms with Crippen LogP contribution in [0.3, 0.4) is 0 Å². The SMILES string of the molecule is CCNC(c1ccc(Br)c(F)c1)c1cnccn1. The predicted octanol–water partition coefficient (Wildman–Crippen LogP) is 3.08. The number of hydrogen-bond acceptors (Lipinski definition) is 3. The third-order valence-electron chi connectivity index (χ3n) is 2.56. The molecule has 94 valence electrons. The van der Waals surface area contributed by atoms with Gasteiger partial charge in [0.05, 0.1) is 22.4 Å². The Bertz CT molecular complexity index is 519. The summed E-state index contributed by atoms with van der Waals surface area (Å²) in [6.07, 6.45) is 4.94. The molecule has 3 nitrogen and oxygen atoms in total. The Hall–Kier alpha value is -1.33. The van der Waals surface area contributed by atoms with Gasteiger partial charge in [-0.3, -0.25) is 9.97 Å². The molecule has 0 saturated heterocycles. The third kappa shape index (κ3) is 2.91. The lowest BCUT2D eigenvalue weighted by molar-refractivity contribution is 0.590. The minimum atomic E-state index is -0.278. The van der Waals surface area contributed by atoms with Crippen LogP contribution >= 0.6 is 15.9 Å². The molecule has 1 unspecified atom stereocenters. The van der Waals surface area contributed by atoms with Crippen molar-refractivity contribution in [2.24, 2.45) is 0 Å². The molecule has 0 aliphatic heterocycles. The number of rotatable bonds is 4. The van der Waals surface area contributed by atoms with Crippen LogP contribution in [0.5, 0.6) is 0 Å². The summed E-state index contributed by atoms with van der Waals surface area (Å²) in [6.45, 7) is 2.76. The fraction of sp³-hybridized carbons (Fsp3) is 0.231. The fourth-order valence-electron chi connectivity index (χ4n) is 1.75. The molecule has 0 aliphatic carbocycles. The van der Waals surface area contributed by atoms with Gasteiger partial charge in [-0.2, -0.15) is 0 Å². The van der Waals surface area contributed by atoms with Crippen LogP contribution in [-0.4, -0.2) is 16.5 Å². The molecule has 0 radical (unpaired) electrons. The molecule has 1 heterocycles. The number of nitrogens with zero attached hydrogens (tertiary/aromatic N) is 2. The molecular formula is C13H13BrFN3. The van der Waals surface area contributed by atoms with Gasteiger partial charge < -0.3 is 5.32 Å². The van der Waals surface area contributed by atoms with Crippen molar-refractivity contribution in [2.45, 2.75) is 13.0 Å². The smallest absolute Gasteiger partial charge is 0.137 e. The molecule has 1 aromatic heterocycles. The van der Waals surface area contributed by atoms with Gasteiger partial charge >= 0.3 is 0 Å². The number of halogens is 2. The highest BCUT2D eigenvalue weighted by atomic mass is 79.9. The van der Waals surface area contributed by atoms with Crippen molar-refractivity contribution in [3.05, 3.63) is 58.3 Å². The summed E-state index contributed by atoms with van der Waals surface area (Å²) in [4.78, 5) is 8.31. The van der Waals surface area contributed by atoms with Gasteiger partial charge in [0, 0.05) is 12.4 Å². The first-order chi connectivity index (χ1) is 8.72. The minimum absolute atomic E-state index is 0.147.